The summed E-state index contributed by atoms with van der Waals surface area (Å²) in [6.07, 6.45) is 1.42. The van der Waals surface area contributed by atoms with Crippen LogP contribution in [0, 0.1) is 0 Å². The molecule has 0 saturated heterocycles. The molecule has 0 radical (unpaired) electrons. The third kappa shape index (κ3) is 2.00. The summed E-state index contributed by atoms with van der Waals surface area (Å²) in [6, 6.07) is 0. The molecule has 0 atom stereocenters. The second-order valence-corrected chi connectivity index (χ2v) is 4.64. The van der Waals surface area contributed by atoms with Gasteiger partial charge in [0.25, 0.3) is 0 Å². The molecule has 0 fully saturated rings. The van der Waals surface area contributed by atoms with Crippen molar-refractivity contribution in [3.05, 3.63) is 26.7 Å². The number of halogens is 2. The largest absolute Gasteiger partial charge is 0.491 e. The molecule has 0 saturated carbocycles. The van der Waals surface area contributed by atoms with Crippen LogP contribution in [0.1, 0.15) is 0 Å². The van der Waals surface area contributed by atoms with Crippen molar-refractivity contribution >= 4 is 38.9 Å². The first-order valence-corrected chi connectivity index (χ1v) is 6.12. The normalized spacial score (nSPS) is 10.3. The van der Waals surface area contributed by atoms with Gasteiger partial charge >= 0.3 is 0 Å². The average molecular weight is 306 g/mol. The van der Waals surface area contributed by atoms with Crippen molar-refractivity contribution in [2.24, 2.45) is 0 Å². The Hall–Kier alpha value is -0.650. The maximum Gasteiger partial charge on any atom is 0.182 e. The van der Waals surface area contributed by atoms with Crippen LogP contribution in [0.5, 0.6) is 5.75 Å². The Morgan fingerprint density at radius 2 is 2.20 bits per heavy atom. The van der Waals surface area contributed by atoms with Crippen LogP contribution >= 0.6 is 38.9 Å². The first kappa shape index (κ1) is 10.9. The standard InChI is InChI=1S/C9H6BrClN2OS/c1-14-8-7(12-4-13-9(8)11)5-2-15-3-6(5)10/h2-4H,1H3. The van der Waals surface area contributed by atoms with E-state index in [1.54, 1.807) is 18.4 Å². The molecule has 3 nitrogen and oxygen atoms in total. The number of thiophene rings is 1. The van der Waals surface area contributed by atoms with Gasteiger partial charge in [-0.25, -0.2) is 9.97 Å². The Morgan fingerprint density at radius 1 is 1.40 bits per heavy atom. The van der Waals surface area contributed by atoms with Crippen LogP contribution in [-0.4, -0.2) is 17.1 Å². The van der Waals surface area contributed by atoms with Crippen molar-refractivity contribution in [3.8, 4) is 17.0 Å². The first-order valence-electron chi connectivity index (χ1n) is 4.00. The summed E-state index contributed by atoms with van der Waals surface area (Å²) in [6.45, 7) is 0. The Balaban J connectivity index is 2.63. The highest BCUT2D eigenvalue weighted by molar-refractivity contribution is 9.10. The maximum atomic E-state index is 5.91. The highest BCUT2D eigenvalue weighted by Crippen LogP contribution is 2.38. The first-order chi connectivity index (χ1) is 7.24. The minimum Gasteiger partial charge on any atom is -0.491 e. The van der Waals surface area contributed by atoms with Gasteiger partial charge in [-0.05, 0) is 15.9 Å². The van der Waals surface area contributed by atoms with Crippen molar-refractivity contribution < 1.29 is 4.74 Å². The third-order valence-corrected chi connectivity index (χ3v) is 3.81. The topological polar surface area (TPSA) is 35.0 Å². The van der Waals surface area contributed by atoms with E-state index in [-0.39, 0.29) is 0 Å². The number of rotatable bonds is 2. The van der Waals surface area contributed by atoms with Crippen molar-refractivity contribution in [3.63, 3.8) is 0 Å². The molecule has 2 aromatic rings. The number of hydrogen-bond donors (Lipinski definition) is 0. The van der Waals surface area contributed by atoms with E-state index < -0.39 is 0 Å². The van der Waals surface area contributed by atoms with E-state index in [4.69, 9.17) is 16.3 Å². The zero-order valence-corrected chi connectivity index (χ0v) is 10.9. The zero-order valence-electron chi connectivity index (χ0n) is 7.70. The third-order valence-electron chi connectivity index (χ3n) is 1.83. The number of aromatic nitrogens is 2. The molecule has 15 heavy (non-hydrogen) atoms. The average Bonchev–Trinajstić information content (AvgIpc) is 2.64. The second kappa shape index (κ2) is 4.47. The fourth-order valence-electron chi connectivity index (χ4n) is 1.18. The van der Waals surface area contributed by atoms with Crippen LogP contribution in [0.4, 0.5) is 0 Å². The van der Waals surface area contributed by atoms with Crippen molar-refractivity contribution in [2.75, 3.05) is 7.11 Å². The van der Waals surface area contributed by atoms with E-state index in [2.05, 4.69) is 25.9 Å². The number of hydrogen-bond acceptors (Lipinski definition) is 4. The van der Waals surface area contributed by atoms with Gasteiger partial charge in [-0.3, -0.25) is 0 Å². The summed E-state index contributed by atoms with van der Waals surface area (Å²) in [5.74, 6) is 0.498. The fourth-order valence-corrected chi connectivity index (χ4v) is 2.85. The molecule has 2 heterocycles. The molecule has 6 heteroatoms. The monoisotopic (exact) mass is 304 g/mol. The molecule has 0 spiro atoms. The number of nitrogens with zero attached hydrogens (tertiary/aromatic N) is 2. The Bertz CT molecular complexity index is 489. The van der Waals surface area contributed by atoms with Gasteiger partial charge in [0.2, 0.25) is 0 Å². The Morgan fingerprint density at radius 3 is 2.80 bits per heavy atom. The van der Waals surface area contributed by atoms with Gasteiger partial charge in [0, 0.05) is 20.8 Å². The molecule has 2 rings (SSSR count). The molecule has 0 unspecified atom stereocenters. The molecule has 0 aliphatic carbocycles. The van der Waals surface area contributed by atoms with Gasteiger partial charge in [0.05, 0.1) is 7.11 Å². The van der Waals surface area contributed by atoms with Gasteiger partial charge in [-0.15, -0.1) is 0 Å². The molecular weight excluding hydrogens is 300 g/mol. The van der Waals surface area contributed by atoms with E-state index in [1.807, 2.05) is 10.8 Å². The lowest BCUT2D eigenvalue weighted by atomic mass is 10.2. The Labute approximate surface area is 104 Å². The minimum absolute atomic E-state index is 0.320. The van der Waals surface area contributed by atoms with E-state index in [0.29, 0.717) is 16.6 Å². The molecule has 0 aromatic carbocycles. The van der Waals surface area contributed by atoms with E-state index in [0.717, 1.165) is 10.0 Å². The predicted octanol–water partition coefficient (Wildman–Crippen LogP) is 3.63. The highest BCUT2D eigenvalue weighted by atomic mass is 79.9. The van der Waals surface area contributed by atoms with Crippen molar-refractivity contribution in [1.82, 2.24) is 9.97 Å². The highest BCUT2D eigenvalue weighted by Gasteiger charge is 2.15. The predicted molar refractivity (Wildman–Crippen MR) is 64.6 cm³/mol. The quantitative estimate of drug-likeness (QED) is 0.795. The van der Waals surface area contributed by atoms with E-state index >= 15 is 0 Å². The Kier molecular flexibility index (Phi) is 3.23. The zero-order chi connectivity index (χ0) is 10.8. The van der Waals surface area contributed by atoms with Crippen molar-refractivity contribution in [1.29, 1.82) is 0 Å². The van der Waals surface area contributed by atoms with Crippen LogP contribution < -0.4 is 4.74 Å². The summed E-state index contributed by atoms with van der Waals surface area (Å²) < 4.78 is 6.15. The molecule has 0 N–H and O–H groups in total. The molecule has 2 aromatic heterocycles. The number of methoxy groups -OCH3 is 1. The number of ether oxygens (including phenoxy) is 1. The summed E-state index contributed by atoms with van der Waals surface area (Å²) in [4.78, 5) is 8.04. The SMILES string of the molecule is COc1c(Cl)ncnc1-c1cscc1Br. The second-order valence-electron chi connectivity index (χ2n) is 2.68. The van der Waals surface area contributed by atoms with Gasteiger partial charge in [-0.2, -0.15) is 11.3 Å². The van der Waals surface area contributed by atoms with E-state index in [9.17, 15) is 0 Å². The maximum absolute atomic E-state index is 5.91. The summed E-state index contributed by atoms with van der Waals surface area (Å²) >= 11 is 10.9. The lowest BCUT2D eigenvalue weighted by molar-refractivity contribution is 0.413. The molecule has 0 bridgehead atoms. The lowest BCUT2D eigenvalue weighted by Crippen LogP contribution is -1.93. The van der Waals surface area contributed by atoms with Crippen LogP contribution in [0.3, 0.4) is 0 Å². The lowest BCUT2D eigenvalue weighted by Gasteiger charge is -2.06. The minimum atomic E-state index is 0.320. The molecule has 0 aliphatic rings. The van der Waals surface area contributed by atoms with Gasteiger partial charge in [0.15, 0.2) is 10.9 Å². The molecular formula is C9H6BrClN2OS. The summed E-state index contributed by atoms with van der Waals surface area (Å²) in [7, 11) is 1.55. The van der Waals surface area contributed by atoms with Gasteiger partial charge in [-0.1, -0.05) is 11.6 Å². The molecule has 78 valence electrons. The van der Waals surface area contributed by atoms with Crippen LogP contribution in [0.2, 0.25) is 5.15 Å². The van der Waals surface area contributed by atoms with Crippen LogP contribution in [0.25, 0.3) is 11.3 Å². The van der Waals surface area contributed by atoms with Gasteiger partial charge in [0.1, 0.15) is 12.0 Å². The van der Waals surface area contributed by atoms with Crippen LogP contribution in [0.15, 0.2) is 21.6 Å². The van der Waals surface area contributed by atoms with E-state index in [1.165, 1.54) is 6.33 Å². The van der Waals surface area contributed by atoms with Crippen LogP contribution in [-0.2, 0) is 0 Å². The smallest absolute Gasteiger partial charge is 0.182 e. The fraction of sp³-hybridized carbons (Fsp3) is 0.111. The van der Waals surface area contributed by atoms with Gasteiger partial charge < -0.3 is 4.74 Å². The summed E-state index contributed by atoms with van der Waals surface area (Å²) in [5.41, 5.74) is 1.66. The molecule has 0 amide bonds. The summed E-state index contributed by atoms with van der Waals surface area (Å²) in [5, 5.41) is 4.27. The molecule has 0 aliphatic heterocycles. The van der Waals surface area contributed by atoms with Crippen molar-refractivity contribution in [2.45, 2.75) is 0 Å².